The lowest BCUT2D eigenvalue weighted by atomic mass is 10.2. The molecule has 30 heavy (non-hydrogen) atoms. The topological polar surface area (TPSA) is 60.9 Å². The van der Waals surface area contributed by atoms with Crippen molar-refractivity contribution < 1.29 is 23.4 Å². The maximum absolute atomic E-state index is 14.1. The fourth-order valence-electron chi connectivity index (χ4n) is 2.88. The molecule has 7 heteroatoms. The molecule has 0 saturated carbocycles. The monoisotopic (exact) mass is 410 g/mol. The molecular weight excluding hydrogens is 387 g/mol. The molecule has 2 aromatic carbocycles. The first-order valence-electron chi connectivity index (χ1n) is 9.45. The summed E-state index contributed by atoms with van der Waals surface area (Å²) >= 11 is 0. The molecule has 0 bridgehead atoms. The Labute approximate surface area is 174 Å². The third kappa shape index (κ3) is 5.26. The van der Waals surface area contributed by atoms with E-state index >= 15 is 0 Å². The zero-order valence-corrected chi connectivity index (χ0v) is 17.0. The molecule has 1 aromatic heterocycles. The third-order valence-electron chi connectivity index (χ3n) is 4.24. The van der Waals surface area contributed by atoms with Crippen molar-refractivity contribution in [2.24, 2.45) is 0 Å². The first-order valence-corrected chi connectivity index (χ1v) is 9.45. The van der Waals surface area contributed by atoms with Gasteiger partial charge in [-0.2, -0.15) is 0 Å². The van der Waals surface area contributed by atoms with Gasteiger partial charge in [0.1, 0.15) is 11.5 Å². The van der Waals surface area contributed by atoms with Crippen LogP contribution < -0.4 is 19.1 Å². The number of halogens is 1. The Hall–Kier alpha value is -3.61. The maximum Gasteiger partial charge on any atom is 0.265 e. The number of ether oxygens (including phenoxy) is 3. The quantitative estimate of drug-likeness (QED) is 0.532. The van der Waals surface area contributed by atoms with Crippen LogP contribution in [0.2, 0.25) is 0 Å². The Morgan fingerprint density at radius 1 is 1.07 bits per heavy atom. The van der Waals surface area contributed by atoms with Gasteiger partial charge in [0.05, 0.1) is 7.11 Å². The van der Waals surface area contributed by atoms with Crippen LogP contribution in [0.1, 0.15) is 13.8 Å². The highest BCUT2D eigenvalue weighted by Gasteiger charge is 2.21. The SMILES string of the molecule is COc1ccc(N(C(=O)COc2ccc(Oc3ccccn3)cc2)C(C)C)cc1F. The van der Waals surface area contributed by atoms with Gasteiger partial charge in [-0.1, -0.05) is 6.07 Å². The van der Waals surface area contributed by atoms with Gasteiger partial charge in [-0.15, -0.1) is 0 Å². The lowest BCUT2D eigenvalue weighted by Gasteiger charge is -2.27. The fourth-order valence-corrected chi connectivity index (χ4v) is 2.88. The highest BCUT2D eigenvalue weighted by molar-refractivity contribution is 5.95. The molecular formula is C23H23FN2O4. The van der Waals surface area contributed by atoms with Crippen molar-refractivity contribution in [2.45, 2.75) is 19.9 Å². The van der Waals surface area contributed by atoms with Crippen LogP contribution in [0.5, 0.6) is 23.1 Å². The van der Waals surface area contributed by atoms with E-state index in [4.69, 9.17) is 14.2 Å². The maximum atomic E-state index is 14.1. The number of anilines is 1. The van der Waals surface area contributed by atoms with Crippen LogP contribution in [0, 0.1) is 5.82 Å². The number of nitrogens with zero attached hydrogens (tertiary/aromatic N) is 2. The van der Waals surface area contributed by atoms with Crippen LogP contribution in [-0.2, 0) is 4.79 Å². The van der Waals surface area contributed by atoms with Crippen molar-refractivity contribution in [1.29, 1.82) is 0 Å². The summed E-state index contributed by atoms with van der Waals surface area (Å²) in [5, 5.41) is 0. The zero-order chi connectivity index (χ0) is 21.5. The second kappa shape index (κ2) is 9.73. The summed E-state index contributed by atoms with van der Waals surface area (Å²) in [6, 6.07) is 16.5. The van der Waals surface area contributed by atoms with Crippen molar-refractivity contribution in [2.75, 3.05) is 18.6 Å². The van der Waals surface area contributed by atoms with Gasteiger partial charge in [0.15, 0.2) is 18.2 Å². The molecule has 0 N–H and O–H groups in total. The molecule has 0 aliphatic carbocycles. The van der Waals surface area contributed by atoms with Gasteiger partial charge >= 0.3 is 0 Å². The Kier molecular flexibility index (Phi) is 6.85. The number of hydrogen-bond acceptors (Lipinski definition) is 5. The summed E-state index contributed by atoms with van der Waals surface area (Å²) < 4.78 is 30.3. The van der Waals surface area contributed by atoms with E-state index in [0.29, 0.717) is 23.1 Å². The number of rotatable bonds is 8. The molecule has 0 aliphatic heterocycles. The van der Waals surface area contributed by atoms with Crippen molar-refractivity contribution >= 4 is 11.6 Å². The molecule has 0 unspecified atom stereocenters. The van der Waals surface area contributed by atoms with E-state index in [1.165, 1.54) is 24.1 Å². The highest BCUT2D eigenvalue weighted by atomic mass is 19.1. The molecule has 1 heterocycles. The molecule has 0 aliphatic rings. The van der Waals surface area contributed by atoms with Crippen LogP contribution in [-0.4, -0.2) is 30.6 Å². The first-order chi connectivity index (χ1) is 14.5. The number of hydrogen-bond donors (Lipinski definition) is 0. The lowest BCUT2D eigenvalue weighted by molar-refractivity contribution is -0.120. The number of benzene rings is 2. The second-order valence-corrected chi connectivity index (χ2v) is 6.71. The van der Waals surface area contributed by atoms with E-state index in [1.54, 1.807) is 42.6 Å². The Morgan fingerprint density at radius 3 is 2.40 bits per heavy atom. The Bertz CT molecular complexity index is 978. The number of amides is 1. The average Bonchev–Trinajstić information content (AvgIpc) is 2.74. The Morgan fingerprint density at radius 2 is 1.80 bits per heavy atom. The number of carbonyl (C=O) groups is 1. The predicted molar refractivity (Wildman–Crippen MR) is 112 cm³/mol. The van der Waals surface area contributed by atoms with E-state index in [1.807, 2.05) is 26.0 Å². The highest BCUT2D eigenvalue weighted by Crippen LogP contribution is 2.26. The van der Waals surface area contributed by atoms with Gasteiger partial charge in [0, 0.05) is 30.1 Å². The Balaban J connectivity index is 1.63. The summed E-state index contributed by atoms with van der Waals surface area (Å²) in [5.74, 6) is 0.910. The van der Waals surface area contributed by atoms with Crippen LogP contribution >= 0.6 is 0 Å². The number of aromatic nitrogens is 1. The average molecular weight is 410 g/mol. The summed E-state index contributed by atoms with van der Waals surface area (Å²) in [5.41, 5.74) is 0.441. The minimum absolute atomic E-state index is 0.124. The van der Waals surface area contributed by atoms with E-state index in [0.717, 1.165) is 0 Å². The number of pyridine rings is 1. The van der Waals surface area contributed by atoms with E-state index < -0.39 is 5.82 Å². The normalized spacial score (nSPS) is 10.6. The molecule has 3 rings (SSSR count). The first kappa shape index (κ1) is 21.1. The fraction of sp³-hybridized carbons (Fsp3) is 0.217. The van der Waals surface area contributed by atoms with Crippen LogP contribution in [0.3, 0.4) is 0 Å². The molecule has 0 atom stereocenters. The van der Waals surface area contributed by atoms with Gasteiger partial charge in [-0.05, 0) is 56.3 Å². The summed E-state index contributed by atoms with van der Waals surface area (Å²) in [6.07, 6.45) is 1.65. The van der Waals surface area contributed by atoms with E-state index in [2.05, 4.69) is 4.98 Å². The van der Waals surface area contributed by atoms with Gasteiger partial charge in [-0.3, -0.25) is 4.79 Å². The molecule has 6 nitrogen and oxygen atoms in total. The van der Waals surface area contributed by atoms with E-state index in [-0.39, 0.29) is 24.3 Å². The number of methoxy groups -OCH3 is 1. The van der Waals surface area contributed by atoms with Gasteiger partial charge in [0.25, 0.3) is 5.91 Å². The molecule has 1 amide bonds. The minimum atomic E-state index is -0.530. The van der Waals surface area contributed by atoms with Crippen molar-refractivity contribution in [3.05, 3.63) is 72.7 Å². The number of carbonyl (C=O) groups excluding carboxylic acids is 1. The molecule has 0 saturated heterocycles. The summed E-state index contributed by atoms with van der Waals surface area (Å²) in [7, 11) is 1.39. The standard InChI is InChI=1S/C23H23FN2O4/c1-16(2)26(17-7-12-21(28-3)20(24)14-17)23(27)15-29-18-8-10-19(11-9-18)30-22-6-4-5-13-25-22/h4-14,16H,15H2,1-3H3. The van der Waals surface area contributed by atoms with Crippen LogP contribution in [0.4, 0.5) is 10.1 Å². The van der Waals surface area contributed by atoms with Gasteiger partial charge in [-0.25, -0.2) is 9.37 Å². The van der Waals surface area contributed by atoms with Crippen LogP contribution in [0.25, 0.3) is 0 Å². The lowest BCUT2D eigenvalue weighted by Crippen LogP contribution is -2.40. The smallest absolute Gasteiger partial charge is 0.265 e. The van der Waals surface area contributed by atoms with Crippen molar-refractivity contribution in [1.82, 2.24) is 4.98 Å². The minimum Gasteiger partial charge on any atom is -0.494 e. The summed E-state index contributed by atoms with van der Waals surface area (Å²) in [6.45, 7) is 3.51. The molecule has 0 spiro atoms. The second-order valence-electron chi connectivity index (χ2n) is 6.71. The molecule has 156 valence electrons. The van der Waals surface area contributed by atoms with Crippen molar-refractivity contribution in [3.8, 4) is 23.1 Å². The predicted octanol–water partition coefficient (Wildman–Crippen LogP) is 4.84. The third-order valence-corrected chi connectivity index (χ3v) is 4.24. The van der Waals surface area contributed by atoms with Gasteiger partial charge < -0.3 is 19.1 Å². The van der Waals surface area contributed by atoms with Crippen molar-refractivity contribution in [3.63, 3.8) is 0 Å². The van der Waals surface area contributed by atoms with Gasteiger partial charge in [0.2, 0.25) is 5.88 Å². The van der Waals surface area contributed by atoms with E-state index in [9.17, 15) is 9.18 Å². The van der Waals surface area contributed by atoms with Crippen LogP contribution in [0.15, 0.2) is 66.9 Å². The zero-order valence-electron chi connectivity index (χ0n) is 17.0. The largest absolute Gasteiger partial charge is 0.494 e. The molecule has 0 radical (unpaired) electrons. The molecule has 0 fully saturated rings. The summed E-state index contributed by atoms with van der Waals surface area (Å²) in [4.78, 5) is 18.3. The molecule has 3 aromatic rings.